The number of hydrogen-bond acceptors (Lipinski definition) is 5. The monoisotopic (exact) mass is 421 g/mol. The minimum absolute atomic E-state index is 0.334. The Balaban J connectivity index is 1.64. The lowest BCUT2D eigenvalue weighted by molar-refractivity contribution is -0.136. The smallest absolute Gasteiger partial charge is 0.338 e. The van der Waals surface area contributed by atoms with Gasteiger partial charge in [0.05, 0.1) is 25.3 Å². The normalized spacial score (nSPS) is 18.6. The van der Waals surface area contributed by atoms with Gasteiger partial charge in [0, 0.05) is 25.3 Å². The number of nitrogens with one attached hydrogen (secondary N) is 2. The molecule has 0 fully saturated rings. The number of nitrogens with zero attached hydrogens (tertiary/aromatic N) is 1. The summed E-state index contributed by atoms with van der Waals surface area (Å²) in [4.78, 5) is 27.5. The highest BCUT2D eigenvalue weighted by Gasteiger charge is 2.34. The van der Waals surface area contributed by atoms with E-state index in [9.17, 15) is 9.59 Å². The third kappa shape index (κ3) is 4.56. The zero-order valence-corrected chi connectivity index (χ0v) is 17.8. The Labute approximate surface area is 182 Å². The minimum Gasteiger partial charge on any atom is -0.494 e. The summed E-state index contributed by atoms with van der Waals surface area (Å²) in [6.07, 6.45) is 0.936. The third-order valence-electron chi connectivity index (χ3n) is 5.67. The Kier molecular flexibility index (Phi) is 6.23. The molecule has 7 nitrogen and oxygen atoms in total. The molecule has 162 valence electrons. The number of methoxy groups -OCH3 is 1. The fraction of sp³-hybridized carbons (Fsp3) is 0.333. The molecule has 0 saturated carbocycles. The van der Waals surface area contributed by atoms with Gasteiger partial charge in [-0.05, 0) is 42.2 Å². The van der Waals surface area contributed by atoms with E-state index in [1.165, 1.54) is 18.2 Å². The van der Waals surface area contributed by atoms with Crippen LogP contribution in [-0.4, -0.2) is 43.7 Å². The number of carbonyl (C=O) groups excluding carboxylic acids is 2. The van der Waals surface area contributed by atoms with E-state index < -0.39 is 12.0 Å². The number of hydrogen-bond donors (Lipinski definition) is 2. The van der Waals surface area contributed by atoms with Gasteiger partial charge in [-0.3, -0.25) is 4.90 Å². The van der Waals surface area contributed by atoms with Crippen molar-refractivity contribution in [2.75, 3.05) is 26.8 Å². The number of urea groups is 1. The van der Waals surface area contributed by atoms with E-state index in [2.05, 4.69) is 33.7 Å². The first-order valence-electron chi connectivity index (χ1n) is 10.5. The van der Waals surface area contributed by atoms with Crippen molar-refractivity contribution in [2.24, 2.45) is 0 Å². The summed E-state index contributed by atoms with van der Waals surface area (Å²) in [5.41, 5.74) is 4.42. The lowest BCUT2D eigenvalue weighted by Crippen LogP contribution is -2.48. The van der Waals surface area contributed by atoms with Gasteiger partial charge < -0.3 is 20.1 Å². The maximum absolute atomic E-state index is 12.8. The van der Waals surface area contributed by atoms with Crippen molar-refractivity contribution >= 4 is 12.0 Å². The zero-order chi connectivity index (χ0) is 21.8. The fourth-order valence-corrected chi connectivity index (χ4v) is 4.18. The molecule has 2 aromatic carbocycles. The number of benzene rings is 2. The topological polar surface area (TPSA) is 79.9 Å². The van der Waals surface area contributed by atoms with Crippen LogP contribution in [0.5, 0.6) is 5.75 Å². The lowest BCUT2D eigenvalue weighted by Gasteiger charge is -2.34. The van der Waals surface area contributed by atoms with Crippen LogP contribution >= 0.6 is 0 Å². The Hall–Kier alpha value is -3.32. The molecule has 0 aliphatic carbocycles. The lowest BCUT2D eigenvalue weighted by atomic mass is 9.94. The fourth-order valence-electron chi connectivity index (χ4n) is 4.18. The number of fused-ring (bicyclic) bond motifs is 1. The van der Waals surface area contributed by atoms with Crippen LogP contribution in [0, 0.1) is 0 Å². The summed E-state index contributed by atoms with van der Waals surface area (Å²) in [5, 5.41) is 5.71. The number of amides is 2. The molecule has 0 unspecified atom stereocenters. The van der Waals surface area contributed by atoms with Gasteiger partial charge in [0.2, 0.25) is 0 Å². The minimum atomic E-state index is -0.594. The largest absolute Gasteiger partial charge is 0.494 e. The first-order valence-corrected chi connectivity index (χ1v) is 10.5. The van der Waals surface area contributed by atoms with Gasteiger partial charge in [-0.25, -0.2) is 9.59 Å². The van der Waals surface area contributed by atoms with Gasteiger partial charge in [0.15, 0.2) is 0 Å². The summed E-state index contributed by atoms with van der Waals surface area (Å²) in [6.45, 7) is 4.57. The van der Waals surface area contributed by atoms with E-state index in [0.717, 1.165) is 30.8 Å². The van der Waals surface area contributed by atoms with Crippen LogP contribution in [0.25, 0.3) is 0 Å². The molecule has 7 heteroatoms. The second-order valence-corrected chi connectivity index (χ2v) is 7.65. The number of rotatable bonds is 6. The van der Waals surface area contributed by atoms with Crippen LogP contribution in [0.15, 0.2) is 59.8 Å². The summed E-state index contributed by atoms with van der Waals surface area (Å²) < 4.78 is 10.6. The second kappa shape index (κ2) is 9.22. The number of ether oxygens (including phenoxy) is 2. The Morgan fingerprint density at radius 2 is 1.87 bits per heavy atom. The van der Waals surface area contributed by atoms with Crippen molar-refractivity contribution in [3.05, 3.63) is 76.5 Å². The maximum Gasteiger partial charge on any atom is 0.338 e. The van der Waals surface area contributed by atoms with Crippen LogP contribution in [0.4, 0.5) is 4.79 Å². The molecular weight excluding hydrogens is 394 g/mol. The summed E-state index contributed by atoms with van der Waals surface area (Å²) in [7, 11) is 1.36. The highest BCUT2D eigenvalue weighted by molar-refractivity contribution is 5.95. The van der Waals surface area contributed by atoms with E-state index >= 15 is 0 Å². The van der Waals surface area contributed by atoms with E-state index in [4.69, 9.17) is 9.47 Å². The van der Waals surface area contributed by atoms with Crippen molar-refractivity contribution in [2.45, 2.75) is 25.9 Å². The molecule has 4 rings (SSSR count). The van der Waals surface area contributed by atoms with Gasteiger partial charge in [-0.15, -0.1) is 0 Å². The van der Waals surface area contributed by atoms with Gasteiger partial charge in [-0.1, -0.05) is 36.4 Å². The van der Waals surface area contributed by atoms with Crippen LogP contribution in [-0.2, 0) is 22.5 Å². The first-order chi connectivity index (χ1) is 15.1. The van der Waals surface area contributed by atoms with Gasteiger partial charge in [0.1, 0.15) is 5.75 Å². The average molecular weight is 421 g/mol. The predicted octanol–water partition coefficient (Wildman–Crippen LogP) is 2.92. The molecule has 2 N–H and O–H groups in total. The molecule has 0 bridgehead atoms. The van der Waals surface area contributed by atoms with Crippen molar-refractivity contribution in [1.29, 1.82) is 0 Å². The quantitative estimate of drug-likeness (QED) is 0.701. The second-order valence-electron chi connectivity index (χ2n) is 7.65. The van der Waals surface area contributed by atoms with E-state index in [-0.39, 0.29) is 6.03 Å². The molecule has 1 atom stereocenters. The van der Waals surface area contributed by atoms with Crippen LogP contribution in [0.3, 0.4) is 0 Å². The molecule has 0 radical (unpaired) electrons. The zero-order valence-electron chi connectivity index (χ0n) is 17.8. The first kappa shape index (κ1) is 20.9. The molecule has 2 amide bonds. The maximum atomic E-state index is 12.8. The number of esters is 1. The SMILES string of the molecule is CCOc1ccc([C@@H]2NC(=O)NC(CN3CCc4ccccc4C3)=C2C(=O)OC)cc1. The molecule has 2 aliphatic heterocycles. The highest BCUT2D eigenvalue weighted by Crippen LogP contribution is 2.30. The highest BCUT2D eigenvalue weighted by atomic mass is 16.5. The standard InChI is InChI=1S/C24H27N3O4/c1-3-31-19-10-8-17(9-11-19)22-21(23(28)30-2)20(25-24(29)26-22)15-27-13-12-16-6-4-5-7-18(16)14-27/h4-11,22H,3,12-15H2,1-2H3,(H2,25,26,29)/t22-/m0/s1. The molecule has 0 aromatic heterocycles. The Morgan fingerprint density at radius 3 is 2.58 bits per heavy atom. The Bertz CT molecular complexity index is 1000. The Morgan fingerprint density at radius 1 is 1.13 bits per heavy atom. The molecule has 2 aromatic rings. The van der Waals surface area contributed by atoms with Gasteiger partial charge in [0.25, 0.3) is 0 Å². The molecule has 2 aliphatic rings. The van der Waals surface area contributed by atoms with Crippen LogP contribution in [0.1, 0.15) is 29.7 Å². The van der Waals surface area contributed by atoms with E-state index in [1.807, 2.05) is 37.3 Å². The van der Waals surface area contributed by atoms with Crippen molar-refractivity contribution in [1.82, 2.24) is 15.5 Å². The van der Waals surface area contributed by atoms with Crippen molar-refractivity contribution < 1.29 is 19.1 Å². The molecule has 2 heterocycles. The van der Waals surface area contributed by atoms with Crippen molar-refractivity contribution in [3.63, 3.8) is 0 Å². The van der Waals surface area contributed by atoms with E-state index in [1.54, 1.807) is 0 Å². The van der Waals surface area contributed by atoms with E-state index in [0.29, 0.717) is 24.4 Å². The summed E-state index contributed by atoms with van der Waals surface area (Å²) in [6, 6.07) is 14.8. The molecule has 31 heavy (non-hydrogen) atoms. The molecule has 0 saturated heterocycles. The third-order valence-corrected chi connectivity index (χ3v) is 5.67. The van der Waals surface area contributed by atoms with Gasteiger partial charge in [-0.2, -0.15) is 0 Å². The number of carbonyl (C=O) groups is 2. The van der Waals surface area contributed by atoms with Gasteiger partial charge >= 0.3 is 12.0 Å². The summed E-state index contributed by atoms with van der Waals surface area (Å²) >= 11 is 0. The molecule has 0 spiro atoms. The van der Waals surface area contributed by atoms with Crippen LogP contribution < -0.4 is 15.4 Å². The van der Waals surface area contributed by atoms with Crippen molar-refractivity contribution in [3.8, 4) is 5.75 Å². The van der Waals surface area contributed by atoms with Crippen LogP contribution in [0.2, 0.25) is 0 Å². The summed E-state index contributed by atoms with van der Waals surface area (Å²) in [5.74, 6) is 0.279. The predicted molar refractivity (Wildman–Crippen MR) is 116 cm³/mol. The average Bonchev–Trinajstić information content (AvgIpc) is 2.79. The molecular formula is C24H27N3O4.